The summed E-state index contributed by atoms with van der Waals surface area (Å²) < 4.78 is 0.726. The maximum atomic E-state index is 10.8. The summed E-state index contributed by atoms with van der Waals surface area (Å²) in [5.41, 5.74) is 1.86. The molecule has 104 valence electrons. The first-order valence-electron chi connectivity index (χ1n) is 6.23. The van der Waals surface area contributed by atoms with Gasteiger partial charge in [0.05, 0.1) is 16.7 Å². The number of nitro groups is 1. The highest BCUT2D eigenvalue weighted by molar-refractivity contribution is 9.10. The van der Waals surface area contributed by atoms with Gasteiger partial charge in [-0.05, 0) is 40.0 Å². The van der Waals surface area contributed by atoms with Crippen LogP contribution in [-0.2, 0) is 0 Å². The van der Waals surface area contributed by atoms with Gasteiger partial charge >= 0.3 is 0 Å². The zero-order valence-corrected chi connectivity index (χ0v) is 12.5. The van der Waals surface area contributed by atoms with Crippen LogP contribution in [0.5, 0.6) is 0 Å². The summed E-state index contributed by atoms with van der Waals surface area (Å²) in [6, 6.07) is 10.4. The Morgan fingerprint density at radius 3 is 2.85 bits per heavy atom. The number of benzene rings is 1. The van der Waals surface area contributed by atoms with E-state index in [1.165, 1.54) is 6.07 Å². The van der Waals surface area contributed by atoms with Crippen LogP contribution in [0.2, 0.25) is 0 Å². The molecular weight excluding hydrogens is 322 g/mol. The first-order chi connectivity index (χ1) is 9.61. The lowest BCUT2D eigenvalue weighted by molar-refractivity contribution is -0.384. The molecule has 1 atom stereocenters. The van der Waals surface area contributed by atoms with Gasteiger partial charge in [-0.3, -0.25) is 10.1 Å². The number of nitrogens with one attached hydrogen (secondary N) is 1. The van der Waals surface area contributed by atoms with Crippen LogP contribution in [0.25, 0.3) is 0 Å². The average molecular weight is 336 g/mol. The van der Waals surface area contributed by atoms with E-state index in [0.29, 0.717) is 0 Å². The van der Waals surface area contributed by atoms with Gasteiger partial charge in [0.2, 0.25) is 0 Å². The SMILES string of the molecule is CCC(Nc1cccnc1Br)c1cccc([N+](=O)[O-])c1. The Hall–Kier alpha value is -1.95. The molecule has 0 spiro atoms. The van der Waals surface area contributed by atoms with Crippen molar-refractivity contribution in [3.8, 4) is 0 Å². The lowest BCUT2D eigenvalue weighted by Gasteiger charge is -2.19. The summed E-state index contributed by atoms with van der Waals surface area (Å²) in [4.78, 5) is 14.6. The Morgan fingerprint density at radius 2 is 2.20 bits per heavy atom. The minimum atomic E-state index is -0.379. The van der Waals surface area contributed by atoms with Gasteiger partial charge in [-0.25, -0.2) is 4.98 Å². The van der Waals surface area contributed by atoms with Gasteiger partial charge in [0.1, 0.15) is 4.60 Å². The van der Waals surface area contributed by atoms with Crippen LogP contribution in [0.3, 0.4) is 0 Å². The Kier molecular flexibility index (Phi) is 4.68. The molecule has 0 saturated heterocycles. The van der Waals surface area contributed by atoms with Crippen molar-refractivity contribution < 1.29 is 4.92 Å². The van der Waals surface area contributed by atoms with Crippen molar-refractivity contribution in [1.29, 1.82) is 0 Å². The number of hydrogen-bond donors (Lipinski definition) is 1. The Morgan fingerprint density at radius 1 is 1.40 bits per heavy atom. The van der Waals surface area contributed by atoms with Crippen LogP contribution in [0.1, 0.15) is 24.9 Å². The van der Waals surface area contributed by atoms with E-state index in [2.05, 4.69) is 26.2 Å². The molecule has 1 aromatic carbocycles. The van der Waals surface area contributed by atoms with Crippen LogP contribution < -0.4 is 5.32 Å². The molecule has 1 N–H and O–H groups in total. The maximum absolute atomic E-state index is 10.8. The van der Waals surface area contributed by atoms with E-state index in [0.717, 1.165) is 22.3 Å². The number of aromatic nitrogens is 1. The zero-order valence-electron chi connectivity index (χ0n) is 10.9. The van der Waals surface area contributed by atoms with E-state index in [9.17, 15) is 10.1 Å². The highest BCUT2D eigenvalue weighted by Gasteiger charge is 2.14. The first-order valence-corrected chi connectivity index (χ1v) is 7.02. The van der Waals surface area contributed by atoms with Gasteiger partial charge in [-0.1, -0.05) is 19.1 Å². The molecule has 5 nitrogen and oxygen atoms in total. The van der Waals surface area contributed by atoms with Crippen LogP contribution >= 0.6 is 15.9 Å². The van der Waals surface area contributed by atoms with Crippen molar-refractivity contribution in [1.82, 2.24) is 4.98 Å². The molecular formula is C14H14BrN3O2. The number of rotatable bonds is 5. The van der Waals surface area contributed by atoms with Crippen LogP contribution in [0.15, 0.2) is 47.2 Å². The van der Waals surface area contributed by atoms with Crippen molar-refractivity contribution in [2.24, 2.45) is 0 Å². The Balaban J connectivity index is 2.26. The molecule has 0 radical (unpaired) electrons. The van der Waals surface area contributed by atoms with E-state index < -0.39 is 0 Å². The summed E-state index contributed by atoms with van der Waals surface area (Å²) in [6.45, 7) is 2.03. The molecule has 0 saturated carbocycles. The smallest absolute Gasteiger partial charge is 0.269 e. The summed E-state index contributed by atoms with van der Waals surface area (Å²) in [6.07, 6.45) is 2.51. The Bertz CT molecular complexity index is 619. The predicted octanol–water partition coefficient (Wildman–Crippen LogP) is 4.32. The van der Waals surface area contributed by atoms with Gasteiger partial charge in [0.25, 0.3) is 5.69 Å². The van der Waals surface area contributed by atoms with Gasteiger partial charge in [0.15, 0.2) is 0 Å². The van der Waals surface area contributed by atoms with Gasteiger partial charge in [0, 0.05) is 18.3 Å². The number of pyridine rings is 1. The maximum Gasteiger partial charge on any atom is 0.269 e. The van der Waals surface area contributed by atoms with Crippen molar-refractivity contribution in [2.45, 2.75) is 19.4 Å². The lowest BCUT2D eigenvalue weighted by atomic mass is 10.0. The normalized spacial score (nSPS) is 11.9. The number of non-ortho nitro benzene ring substituents is 1. The molecule has 1 aromatic heterocycles. The lowest BCUT2D eigenvalue weighted by Crippen LogP contribution is -2.10. The predicted molar refractivity (Wildman–Crippen MR) is 81.7 cm³/mol. The third-order valence-electron chi connectivity index (χ3n) is 2.98. The fourth-order valence-electron chi connectivity index (χ4n) is 1.96. The molecule has 0 fully saturated rings. The number of nitrogens with zero attached hydrogens (tertiary/aromatic N) is 2. The largest absolute Gasteiger partial charge is 0.376 e. The minimum absolute atomic E-state index is 0.00426. The Labute approximate surface area is 125 Å². The quantitative estimate of drug-likeness (QED) is 0.502. The molecule has 20 heavy (non-hydrogen) atoms. The molecule has 0 aliphatic heterocycles. The molecule has 6 heteroatoms. The van der Waals surface area contributed by atoms with Crippen LogP contribution in [-0.4, -0.2) is 9.91 Å². The summed E-state index contributed by atoms with van der Waals surface area (Å²) in [5.74, 6) is 0. The highest BCUT2D eigenvalue weighted by atomic mass is 79.9. The number of nitro benzene ring substituents is 1. The van der Waals surface area contributed by atoms with Gasteiger partial charge in [-0.2, -0.15) is 0 Å². The van der Waals surface area contributed by atoms with E-state index in [-0.39, 0.29) is 16.7 Å². The number of anilines is 1. The second-order valence-electron chi connectivity index (χ2n) is 4.30. The molecule has 1 heterocycles. The third kappa shape index (κ3) is 3.33. The molecule has 0 aliphatic rings. The summed E-state index contributed by atoms with van der Waals surface area (Å²) >= 11 is 3.38. The average Bonchev–Trinajstić information content (AvgIpc) is 2.46. The van der Waals surface area contributed by atoms with Crippen molar-refractivity contribution >= 4 is 27.3 Å². The topological polar surface area (TPSA) is 68.1 Å². The van der Waals surface area contributed by atoms with E-state index in [1.54, 1.807) is 18.3 Å². The van der Waals surface area contributed by atoms with E-state index >= 15 is 0 Å². The van der Waals surface area contributed by atoms with Crippen molar-refractivity contribution in [3.63, 3.8) is 0 Å². The third-order valence-corrected chi connectivity index (χ3v) is 3.61. The molecule has 0 bridgehead atoms. The van der Waals surface area contributed by atoms with E-state index in [1.807, 2.05) is 25.1 Å². The first kappa shape index (κ1) is 14.5. The molecule has 1 unspecified atom stereocenters. The number of halogens is 1. The molecule has 0 aliphatic carbocycles. The fourth-order valence-corrected chi connectivity index (χ4v) is 2.32. The minimum Gasteiger partial charge on any atom is -0.376 e. The van der Waals surface area contributed by atoms with E-state index in [4.69, 9.17) is 0 Å². The monoisotopic (exact) mass is 335 g/mol. The second-order valence-corrected chi connectivity index (χ2v) is 5.05. The van der Waals surface area contributed by atoms with Crippen molar-refractivity contribution in [3.05, 3.63) is 62.9 Å². The van der Waals surface area contributed by atoms with Crippen LogP contribution in [0, 0.1) is 10.1 Å². The van der Waals surface area contributed by atoms with Gasteiger partial charge in [-0.15, -0.1) is 0 Å². The summed E-state index contributed by atoms with van der Waals surface area (Å²) in [7, 11) is 0. The second kappa shape index (κ2) is 6.47. The fraction of sp³-hybridized carbons (Fsp3) is 0.214. The van der Waals surface area contributed by atoms with Gasteiger partial charge < -0.3 is 5.32 Å². The standard InChI is InChI=1S/C14H14BrN3O2/c1-2-12(17-13-7-4-8-16-14(13)15)10-5-3-6-11(9-10)18(19)20/h3-9,12,17H,2H2,1H3. The molecule has 0 amide bonds. The number of hydrogen-bond acceptors (Lipinski definition) is 4. The highest BCUT2D eigenvalue weighted by Crippen LogP contribution is 2.28. The summed E-state index contributed by atoms with van der Waals surface area (Å²) in [5, 5.41) is 14.2. The molecule has 2 aromatic rings. The molecule has 2 rings (SSSR count). The van der Waals surface area contributed by atoms with Crippen molar-refractivity contribution in [2.75, 3.05) is 5.32 Å². The van der Waals surface area contributed by atoms with Crippen LogP contribution in [0.4, 0.5) is 11.4 Å². The zero-order chi connectivity index (χ0) is 14.5.